The van der Waals surface area contributed by atoms with Gasteiger partial charge in [0.1, 0.15) is 29.5 Å². The zero-order valence-electron chi connectivity index (χ0n) is 22.1. The molecule has 13 heteroatoms. The van der Waals surface area contributed by atoms with Crippen molar-refractivity contribution in [3.63, 3.8) is 0 Å². The first kappa shape index (κ1) is 28.5. The summed E-state index contributed by atoms with van der Waals surface area (Å²) < 4.78 is 46.9. The van der Waals surface area contributed by atoms with Crippen molar-refractivity contribution in [1.82, 2.24) is 29.7 Å². The van der Waals surface area contributed by atoms with Gasteiger partial charge >= 0.3 is 0 Å². The molecule has 0 aromatic carbocycles. The summed E-state index contributed by atoms with van der Waals surface area (Å²) in [4.78, 5) is 13.0. The van der Waals surface area contributed by atoms with E-state index in [9.17, 15) is 8.42 Å². The number of hydrogen-bond acceptors (Lipinski definition) is 10. The van der Waals surface area contributed by atoms with Gasteiger partial charge in [0.2, 0.25) is 0 Å². The predicted octanol–water partition coefficient (Wildman–Crippen LogP) is 3.54. The lowest BCUT2D eigenvalue weighted by molar-refractivity contribution is -0.105. The van der Waals surface area contributed by atoms with Crippen molar-refractivity contribution >= 4 is 21.4 Å². The zero-order valence-corrected chi connectivity index (χ0v) is 23.7. The molecule has 11 nitrogen and oxygen atoms in total. The molecule has 0 spiro atoms. The molecule has 0 bridgehead atoms. The van der Waals surface area contributed by atoms with Crippen LogP contribution in [0.3, 0.4) is 0 Å². The van der Waals surface area contributed by atoms with E-state index >= 15 is 0 Å². The molecule has 0 N–H and O–H groups in total. The summed E-state index contributed by atoms with van der Waals surface area (Å²) in [7, 11) is -3.83. The van der Waals surface area contributed by atoms with E-state index in [4.69, 9.17) is 25.8 Å². The second-order valence-electron chi connectivity index (χ2n) is 9.58. The number of hydrogen-bond donors (Lipinski definition) is 0. The Kier molecular flexibility index (Phi) is 9.09. The Morgan fingerprint density at radius 3 is 2.50 bits per heavy atom. The van der Waals surface area contributed by atoms with Crippen molar-refractivity contribution in [2.75, 3.05) is 19.8 Å². The molecule has 1 aliphatic rings. The van der Waals surface area contributed by atoms with Gasteiger partial charge in [-0.05, 0) is 46.8 Å². The summed E-state index contributed by atoms with van der Waals surface area (Å²) in [6, 6.07) is 5.27. The molecule has 3 aromatic heterocycles. The molecule has 38 heavy (non-hydrogen) atoms. The van der Waals surface area contributed by atoms with Crippen molar-refractivity contribution in [2.24, 2.45) is 0 Å². The normalized spacial score (nSPS) is 18.9. The maximum Gasteiger partial charge on any atom is 0.182 e. The topological polar surface area (TPSA) is 131 Å². The number of aryl methyl sites for hydroxylation is 1. The van der Waals surface area contributed by atoms with E-state index in [0.717, 1.165) is 5.69 Å². The monoisotopic (exact) mass is 564 g/mol. The Morgan fingerprint density at radius 1 is 1.13 bits per heavy atom. The molecule has 1 saturated heterocycles. The minimum absolute atomic E-state index is 0.242. The van der Waals surface area contributed by atoms with Gasteiger partial charge in [0.05, 0.1) is 42.2 Å². The lowest BCUT2D eigenvalue weighted by Crippen LogP contribution is -2.37. The predicted molar refractivity (Wildman–Crippen MR) is 141 cm³/mol. The molecule has 4 atom stereocenters. The second kappa shape index (κ2) is 12.1. The SMILES string of the molecule is Cc1cccc(-c2nnc(CS(=O)(=O)[C@@H](C)[C@@H](OC(C)C)c3ncc(Cl)cn3)n2[C@H](C)[C@H]2COCCO2)n1. The minimum atomic E-state index is -3.83. The van der Waals surface area contributed by atoms with E-state index in [2.05, 4.69) is 25.1 Å². The molecule has 0 unspecified atom stereocenters. The third-order valence-electron chi connectivity index (χ3n) is 6.31. The van der Waals surface area contributed by atoms with Crippen molar-refractivity contribution in [1.29, 1.82) is 0 Å². The summed E-state index contributed by atoms with van der Waals surface area (Å²) in [5.41, 5.74) is 1.40. The molecule has 4 rings (SSSR count). The average molecular weight is 565 g/mol. The highest BCUT2D eigenvalue weighted by Gasteiger charge is 2.37. The van der Waals surface area contributed by atoms with Gasteiger partial charge in [-0.15, -0.1) is 10.2 Å². The van der Waals surface area contributed by atoms with Gasteiger partial charge in [-0.2, -0.15) is 0 Å². The average Bonchev–Trinajstić information content (AvgIpc) is 3.30. The molecular formula is C25H33ClN6O5S. The van der Waals surface area contributed by atoms with Crippen molar-refractivity contribution in [3.8, 4) is 11.5 Å². The van der Waals surface area contributed by atoms with Gasteiger partial charge in [0.25, 0.3) is 0 Å². The maximum atomic E-state index is 13.8. The fourth-order valence-corrected chi connectivity index (χ4v) is 5.77. The van der Waals surface area contributed by atoms with Crippen molar-refractivity contribution in [2.45, 2.75) is 70.0 Å². The zero-order chi connectivity index (χ0) is 27.4. The molecule has 0 saturated carbocycles. The summed E-state index contributed by atoms with van der Waals surface area (Å²) in [5.74, 6) is 0.601. The van der Waals surface area contributed by atoms with E-state index < -0.39 is 21.2 Å². The van der Waals surface area contributed by atoms with E-state index in [1.54, 1.807) is 11.5 Å². The fraction of sp³-hybridized carbons (Fsp3) is 0.560. The van der Waals surface area contributed by atoms with Crippen LogP contribution in [-0.4, -0.2) is 75.4 Å². The maximum absolute atomic E-state index is 13.8. The van der Waals surface area contributed by atoms with E-state index in [1.165, 1.54) is 12.4 Å². The third-order valence-corrected chi connectivity index (χ3v) is 8.54. The van der Waals surface area contributed by atoms with E-state index in [-0.39, 0.29) is 35.7 Å². The Labute approximate surface area is 227 Å². The number of rotatable bonds is 10. The molecule has 3 aromatic rings. The van der Waals surface area contributed by atoms with Gasteiger partial charge in [0.15, 0.2) is 21.5 Å². The van der Waals surface area contributed by atoms with Gasteiger partial charge in [-0.25, -0.2) is 23.4 Å². The first-order valence-electron chi connectivity index (χ1n) is 12.5. The largest absolute Gasteiger partial charge is 0.376 e. The Morgan fingerprint density at radius 2 is 1.87 bits per heavy atom. The smallest absolute Gasteiger partial charge is 0.182 e. The lowest BCUT2D eigenvalue weighted by Gasteiger charge is -2.30. The number of nitrogens with zero attached hydrogens (tertiary/aromatic N) is 6. The van der Waals surface area contributed by atoms with Crippen LogP contribution in [0.25, 0.3) is 11.5 Å². The second-order valence-corrected chi connectivity index (χ2v) is 12.4. The van der Waals surface area contributed by atoms with Crippen molar-refractivity contribution in [3.05, 3.63) is 53.0 Å². The van der Waals surface area contributed by atoms with Gasteiger partial charge in [0, 0.05) is 18.1 Å². The number of aromatic nitrogens is 6. The third kappa shape index (κ3) is 6.55. The Bertz CT molecular complexity index is 1330. The Balaban J connectivity index is 1.71. The molecule has 206 valence electrons. The molecule has 0 aliphatic carbocycles. The summed E-state index contributed by atoms with van der Waals surface area (Å²) in [6.07, 6.45) is 1.38. The molecule has 1 aliphatic heterocycles. The number of ether oxygens (including phenoxy) is 3. The van der Waals surface area contributed by atoms with Gasteiger partial charge in [-0.1, -0.05) is 17.7 Å². The van der Waals surface area contributed by atoms with Crippen LogP contribution in [-0.2, 0) is 29.8 Å². The van der Waals surface area contributed by atoms with Crippen LogP contribution in [0.5, 0.6) is 0 Å². The van der Waals surface area contributed by atoms with Crippen LogP contribution >= 0.6 is 11.6 Å². The standard InChI is InChI=1S/C25H33ClN6O5S/c1-15(2)37-23(24-27-11-19(26)12-28-24)18(5)38(33,34)14-22-30-31-25(20-8-6-7-16(3)29-20)32(22)17(4)21-13-35-9-10-36-21/h6-8,11-12,15,17-18,21,23H,9-10,13-14H2,1-5H3/t17-,18+,21-,23-/m1/s1. The number of pyridine rings is 1. The van der Waals surface area contributed by atoms with Gasteiger partial charge in [-0.3, -0.25) is 0 Å². The minimum Gasteiger partial charge on any atom is -0.376 e. The fourth-order valence-electron chi connectivity index (χ4n) is 4.29. The van der Waals surface area contributed by atoms with Crippen LogP contribution < -0.4 is 0 Å². The van der Waals surface area contributed by atoms with E-state index in [0.29, 0.717) is 36.4 Å². The quantitative estimate of drug-likeness (QED) is 0.360. The van der Waals surface area contributed by atoms with Crippen LogP contribution in [0.15, 0.2) is 30.6 Å². The van der Waals surface area contributed by atoms with Crippen LogP contribution in [0.4, 0.5) is 0 Å². The molecule has 4 heterocycles. The van der Waals surface area contributed by atoms with Crippen molar-refractivity contribution < 1.29 is 22.6 Å². The first-order valence-corrected chi connectivity index (χ1v) is 14.6. The molecule has 0 amide bonds. The summed E-state index contributed by atoms with van der Waals surface area (Å²) >= 11 is 5.95. The summed E-state index contributed by atoms with van der Waals surface area (Å²) in [5, 5.41) is 8.05. The lowest BCUT2D eigenvalue weighted by atomic mass is 10.1. The highest BCUT2D eigenvalue weighted by molar-refractivity contribution is 7.91. The molecular weight excluding hydrogens is 532 g/mol. The summed E-state index contributed by atoms with van der Waals surface area (Å²) in [6.45, 7) is 10.4. The number of halogens is 1. The Hall–Kier alpha value is -2.51. The van der Waals surface area contributed by atoms with Crippen LogP contribution in [0.2, 0.25) is 5.02 Å². The van der Waals surface area contributed by atoms with E-state index in [1.807, 2.05) is 45.9 Å². The first-order chi connectivity index (χ1) is 18.1. The highest BCUT2D eigenvalue weighted by Crippen LogP contribution is 2.30. The molecule has 1 fully saturated rings. The van der Waals surface area contributed by atoms with Gasteiger partial charge < -0.3 is 18.8 Å². The number of sulfone groups is 1. The van der Waals surface area contributed by atoms with Crippen LogP contribution in [0.1, 0.15) is 57.2 Å². The molecule has 0 radical (unpaired) electrons. The van der Waals surface area contributed by atoms with Crippen LogP contribution in [0, 0.1) is 6.92 Å². The highest BCUT2D eigenvalue weighted by atomic mass is 35.5.